The number of allylic oxidation sites excluding steroid dienone is 3. The van der Waals surface area contributed by atoms with Crippen LogP contribution in [-0.2, 0) is 11.2 Å². The van der Waals surface area contributed by atoms with E-state index >= 15 is 0 Å². The minimum atomic E-state index is -0.318. The average molecular weight is 460 g/mol. The fourth-order valence-corrected chi connectivity index (χ4v) is 4.32. The molecule has 1 aromatic heterocycles. The van der Waals surface area contributed by atoms with Crippen LogP contribution >= 0.6 is 0 Å². The number of methoxy groups -OCH3 is 2. The third-order valence-electron chi connectivity index (χ3n) is 6.07. The number of carbonyl (C=O) groups is 1. The second-order valence-electron chi connectivity index (χ2n) is 8.20. The number of aromatic hydroxyl groups is 1. The highest BCUT2D eigenvalue weighted by Gasteiger charge is 2.25. The Hall–Kier alpha value is -3.93. The molecule has 3 aromatic rings. The van der Waals surface area contributed by atoms with Crippen molar-refractivity contribution in [1.29, 1.82) is 0 Å². The summed E-state index contributed by atoms with van der Waals surface area (Å²) < 4.78 is 24.7. The number of pyridine rings is 1. The van der Waals surface area contributed by atoms with Gasteiger partial charge in [-0.1, -0.05) is 6.07 Å². The molecule has 1 heterocycles. The van der Waals surface area contributed by atoms with Gasteiger partial charge in [0, 0.05) is 25.2 Å². The summed E-state index contributed by atoms with van der Waals surface area (Å²) in [7, 11) is 2.95. The monoisotopic (exact) mass is 459 g/mol. The van der Waals surface area contributed by atoms with Crippen LogP contribution in [0, 0.1) is 5.82 Å². The first-order valence-corrected chi connectivity index (χ1v) is 11.0. The van der Waals surface area contributed by atoms with Crippen molar-refractivity contribution in [2.45, 2.75) is 26.2 Å². The SMILES string of the molecule is COc1cc(/C=C2/C(C)=C(CCC(=O)Cc3ccncc3)c3cc(F)ccc32)cc(OC)c1O. The third-order valence-corrected chi connectivity index (χ3v) is 6.07. The maximum atomic E-state index is 14.2. The quantitative estimate of drug-likeness (QED) is 0.457. The summed E-state index contributed by atoms with van der Waals surface area (Å²) >= 11 is 0. The zero-order valence-electron chi connectivity index (χ0n) is 19.4. The van der Waals surface area contributed by atoms with E-state index in [9.17, 15) is 14.3 Å². The molecule has 0 atom stereocenters. The third kappa shape index (κ3) is 4.71. The first-order valence-electron chi connectivity index (χ1n) is 11.0. The number of hydrogen-bond donors (Lipinski definition) is 1. The number of phenols is 1. The number of fused-ring (bicyclic) bond motifs is 1. The predicted octanol–water partition coefficient (Wildman–Crippen LogP) is 5.86. The summed E-state index contributed by atoms with van der Waals surface area (Å²) in [6, 6.07) is 11.8. The van der Waals surface area contributed by atoms with Crippen LogP contribution in [0.1, 0.15) is 42.0 Å². The van der Waals surface area contributed by atoms with E-state index in [0.717, 1.165) is 39.0 Å². The molecule has 6 heteroatoms. The van der Waals surface area contributed by atoms with Gasteiger partial charge in [-0.25, -0.2) is 4.39 Å². The smallest absolute Gasteiger partial charge is 0.200 e. The lowest BCUT2D eigenvalue weighted by Crippen LogP contribution is -2.03. The van der Waals surface area contributed by atoms with Crippen LogP contribution in [0.3, 0.4) is 0 Å². The number of rotatable bonds is 8. The minimum Gasteiger partial charge on any atom is -0.502 e. The van der Waals surface area contributed by atoms with Crippen molar-refractivity contribution in [3.8, 4) is 17.2 Å². The largest absolute Gasteiger partial charge is 0.502 e. The summed E-state index contributed by atoms with van der Waals surface area (Å²) in [5.74, 6) is 0.331. The van der Waals surface area contributed by atoms with E-state index in [4.69, 9.17) is 9.47 Å². The van der Waals surface area contributed by atoms with Crippen LogP contribution in [0.4, 0.5) is 4.39 Å². The summed E-state index contributed by atoms with van der Waals surface area (Å²) in [6.45, 7) is 1.99. The number of ether oxygens (including phenoxy) is 2. The van der Waals surface area contributed by atoms with Crippen LogP contribution in [0.2, 0.25) is 0 Å². The first-order chi connectivity index (χ1) is 16.4. The van der Waals surface area contributed by atoms with Gasteiger partial charge in [0.1, 0.15) is 11.6 Å². The normalized spacial score (nSPS) is 13.8. The van der Waals surface area contributed by atoms with Crippen molar-refractivity contribution in [2.75, 3.05) is 14.2 Å². The number of nitrogens with zero attached hydrogens (tertiary/aromatic N) is 1. The Morgan fingerprint density at radius 1 is 1.03 bits per heavy atom. The molecule has 0 radical (unpaired) electrons. The van der Waals surface area contributed by atoms with Gasteiger partial charge in [-0.15, -0.1) is 0 Å². The number of aromatic nitrogens is 1. The maximum Gasteiger partial charge on any atom is 0.200 e. The lowest BCUT2D eigenvalue weighted by atomic mass is 9.98. The molecule has 0 aliphatic heterocycles. The number of halogens is 1. The van der Waals surface area contributed by atoms with E-state index in [0.29, 0.717) is 30.8 Å². The summed E-state index contributed by atoms with van der Waals surface area (Å²) in [4.78, 5) is 16.6. The van der Waals surface area contributed by atoms with E-state index < -0.39 is 0 Å². The molecule has 0 amide bonds. The molecule has 174 valence electrons. The molecule has 1 aliphatic rings. The second-order valence-corrected chi connectivity index (χ2v) is 8.20. The highest BCUT2D eigenvalue weighted by atomic mass is 19.1. The minimum absolute atomic E-state index is 0.0679. The van der Waals surface area contributed by atoms with E-state index in [1.807, 2.05) is 25.1 Å². The van der Waals surface area contributed by atoms with Crippen molar-refractivity contribution in [3.05, 3.63) is 88.5 Å². The maximum absolute atomic E-state index is 14.2. The lowest BCUT2D eigenvalue weighted by molar-refractivity contribution is -0.118. The summed E-state index contributed by atoms with van der Waals surface area (Å²) in [6.07, 6.45) is 6.54. The van der Waals surface area contributed by atoms with E-state index in [-0.39, 0.29) is 17.3 Å². The van der Waals surface area contributed by atoms with E-state index in [1.54, 1.807) is 30.6 Å². The Morgan fingerprint density at radius 2 is 1.71 bits per heavy atom. The van der Waals surface area contributed by atoms with Crippen molar-refractivity contribution < 1.29 is 23.8 Å². The van der Waals surface area contributed by atoms with E-state index in [1.165, 1.54) is 26.4 Å². The Kier molecular flexibility index (Phi) is 6.77. The molecule has 0 unspecified atom stereocenters. The molecule has 4 rings (SSSR count). The number of benzene rings is 2. The molecule has 0 saturated carbocycles. The topological polar surface area (TPSA) is 68.7 Å². The van der Waals surface area contributed by atoms with Crippen LogP contribution in [0.25, 0.3) is 17.2 Å². The fourth-order valence-electron chi connectivity index (χ4n) is 4.32. The van der Waals surface area contributed by atoms with Gasteiger partial charge >= 0.3 is 0 Å². The highest BCUT2D eigenvalue weighted by Crippen LogP contribution is 2.45. The average Bonchev–Trinajstić information content (AvgIpc) is 3.09. The fraction of sp³-hybridized carbons (Fsp3) is 0.214. The van der Waals surface area contributed by atoms with Crippen LogP contribution in [-0.4, -0.2) is 30.1 Å². The molecular formula is C28H26FNO4. The van der Waals surface area contributed by atoms with Crippen LogP contribution < -0.4 is 9.47 Å². The summed E-state index contributed by atoms with van der Waals surface area (Å²) in [5, 5.41) is 10.2. The number of hydrogen-bond acceptors (Lipinski definition) is 5. The van der Waals surface area contributed by atoms with Crippen LogP contribution in [0.5, 0.6) is 17.2 Å². The van der Waals surface area contributed by atoms with Crippen molar-refractivity contribution in [1.82, 2.24) is 4.98 Å². The molecule has 0 saturated heterocycles. The Balaban J connectivity index is 1.67. The van der Waals surface area contributed by atoms with Gasteiger partial charge in [0.15, 0.2) is 11.5 Å². The lowest BCUT2D eigenvalue weighted by Gasteiger charge is -2.11. The number of Topliss-reactive ketones (excluding diaryl/α,β-unsaturated/α-hetero) is 1. The number of ketones is 1. The second kappa shape index (κ2) is 9.91. The molecule has 34 heavy (non-hydrogen) atoms. The van der Waals surface area contributed by atoms with Gasteiger partial charge in [-0.05, 0) is 94.8 Å². The predicted molar refractivity (Wildman–Crippen MR) is 130 cm³/mol. The molecule has 1 aliphatic carbocycles. The molecule has 0 spiro atoms. The molecule has 5 nitrogen and oxygen atoms in total. The molecule has 1 N–H and O–H groups in total. The van der Waals surface area contributed by atoms with E-state index in [2.05, 4.69) is 4.98 Å². The highest BCUT2D eigenvalue weighted by molar-refractivity contribution is 6.05. The van der Waals surface area contributed by atoms with Gasteiger partial charge in [0.2, 0.25) is 5.75 Å². The van der Waals surface area contributed by atoms with Crippen LogP contribution in [0.15, 0.2) is 60.4 Å². The molecule has 0 bridgehead atoms. The molecular weight excluding hydrogens is 433 g/mol. The Labute approximate surface area is 198 Å². The Bertz CT molecular complexity index is 1270. The zero-order chi connectivity index (χ0) is 24.2. The number of phenolic OH excluding ortho intramolecular Hbond substituents is 1. The standard InChI is InChI=1S/C28H26FNO4/c1-17-22(7-5-21(31)12-18-8-10-30-11-9-18)25-16-20(29)4-6-23(25)24(17)13-19-14-26(33-2)28(32)27(15-19)34-3/h4,6,8-11,13-16,32H,5,7,12H2,1-3H3/b24-13-. The van der Waals surface area contributed by atoms with Crippen molar-refractivity contribution in [3.63, 3.8) is 0 Å². The van der Waals surface area contributed by atoms with Gasteiger partial charge in [-0.2, -0.15) is 0 Å². The summed E-state index contributed by atoms with van der Waals surface area (Å²) in [5.41, 5.74) is 6.29. The molecule has 2 aromatic carbocycles. The van der Waals surface area contributed by atoms with Gasteiger partial charge in [-0.3, -0.25) is 9.78 Å². The van der Waals surface area contributed by atoms with Gasteiger partial charge in [0.25, 0.3) is 0 Å². The van der Waals surface area contributed by atoms with Gasteiger partial charge in [0.05, 0.1) is 14.2 Å². The van der Waals surface area contributed by atoms with Crippen molar-refractivity contribution in [2.24, 2.45) is 0 Å². The zero-order valence-corrected chi connectivity index (χ0v) is 19.4. The van der Waals surface area contributed by atoms with Gasteiger partial charge < -0.3 is 14.6 Å². The Morgan fingerprint density at radius 3 is 2.35 bits per heavy atom. The molecule has 0 fully saturated rings. The first kappa shape index (κ1) is 23.2. The number of carbonyl (C=O) groups excluding carboxylic acids is 1. The van der Waals surface area contributed by atoms with Crippen molar-refractivity contribution >= 4 is 23.0 Å².